The predicted octanol–water partition coefficient (Wildman–Crippen LogP) is 1.02. The molecule has 120 valence electrons. The lowest BCUT2D eigenvalue weighted by molar-refractivity contribution is -0.155. The molecular weight excluding hydrogens is 294 g/mol. The van der Waals surface area contributed by atoms with Gasteiger partial charge in [0.25, 0.3) is 0 Å². The van der Waals surface area contributed by atoms with Gasteiger partial charge < -0.3 is 20.7 Å². The van der Waals surface area contributed by atoms with E-state index in [-0.39, 0.29) is 12.5 Å². The van der Waals surface area contributed by atoms with Gasteiger partial charge in [0.15, 0.2) is 6.10 Å². The number of aliphatic hydroxyl groups is 2. The van der Waals surface area contributed by atoms with Gasteiger partial charge in [0.1, 0.15) is 6.61 Å². The maximum atomic E-state index is 11.9. The number of nitrogens with two attached hydrogens (primary N) is 1. The lowest BCUT2D eigenvalue weighted by Crippen LogP contribution is -2.44. The molecular formula is C18H19NO4. The first-order valence-electron chi connectivity index (χ1n) is 7.53. The third-order valence-corrected chi connectivity index (χ3v) is 4.21. The van der Waals surface area contributed by atoms with Gasteiger partial charge in [-0.05, 0) is 22.3 Å². The molecule has 2 aromatic carbocycles. The van der Waals surface area contributed by atoms with Gasteiger partial charge in [-0.3, -0.25) is 0 Å². The van der Waals surface area contributed by atoms with Crippen LogP contribution in [0.2, 0.25) is 0 Å². The molecule has 0 heterocycles. The van der Waals surface area contributed by atoms with Crippen molar-refractivity contribution in [3.63, 3.8) is 0 Å². The van der Waals surface area contributed by atoms with Crippen molar-refractivity contribution in [3.8, 4) is 11.1 Å². The third-order valence-electron chi connectivity index (χ3n) is 4.21. The molecule has 5 nitrogen and oxygen atoms in total. The molecule has 0 saturated heterocycles. The van der Waals surface area contributed by atoms with Crippen LogP contribution in [0.4, 0.5) is 0 Å². The summed E-state index contributed by atoms with van der Waals surface area (Å²) in [5, 5.41) is 18.6. The van der Waals surface area contributed by atoms with Gasteiger partial charge in [-0.2, -0.15) is 0 Å². The highest BCUT2D eigenvalue weighted by Gasteiger charge is 2.30. The molecule has 3 rings (SSSR count). The minimum absolute atomic E-state index is 0.0658. The summed E-state index contributed by atoms with van der Waals surface area (Å²) in [6.45, 7) is -0.354. The topological polar surface area (TPSA) is 92.8 Å². The summed E-state index contributed by atoms with van der Waals surface area (Å²) in [7, 11) is 0. The summed E-state index contributed by atoms with van der Waals surface area (Å²) in [4.78, 5) is 11.9. The molecule has 0 radical (unpaired) electrons. The number of ether oxygens (including phenoxy) is 1. The van der Waals surface area contributed by atoms with E-state index in [2.05, 4.69) is 0 Å². The van der Waals surface area contributed by atoms with Crippen LogP contribution in [0.25, 0.3) is 11.1 Å². The lowest BCUT2D eigenvalue weighted by Gasteiger charge is -2.18. The maximum absolute atomic E-state index is 11.9. The van der Waals surface area contributed by atoms with E-state index >= 15 is 0 Å². The Morgan fingerprint density at radius 2 is 1.61 bits per heavy atom. The van der Waals surface area contributed by atoms with Crippen LogP contribution >= 0.6 is 0 Å². The van der Waals surface area contributed by atoms with Crippen LogP contribution in [0.5, 0.6) is 0 Å². The number of carbonyl (C=O) groups excluding carboxylic acids is 1. The van der Waals surface area contributed by atoms with Crippen molar-refractivity contribution in [2.45, 2.75) is 18.1 Å². The van der Waals surface area contributed by atoms with E-state index in [1.807, 2.05) is 48.5 Å². The molecule has 2 atom stereocenters. The highest BCUT2D eigenvalue weighted by Crippen LogP contribution is 2.44. The van der Waals surface area contributed by atoms with Gasteiger partial charge in [0.05, 0.1) is 12.6 Å². The number of esters is 1. The molecule has 0 aliphatic heterocycles. The van der Waals surface area contributed by atoms with Crippen LogP contribution in [0.15, 0.2) is 48.5 Å². The summed E-state index contributed by atoms with van der Waals surface area (Å²) in [5.41, 5.74) is 9.92. The molecule has 5 heteroatoms. The molecule has 0 bridgehead atoms. The molecule has 2 aromatic rings. The fraction of sp³-hybridized carbons (Fsp3) is 0.278. The number of fused-ring (bicyclic) bond motifs is 3. The number of rotatable bonds is 5. The minimum Gasteiger partial charge on any atom is -0.463 e. The maximum Gasteiger partial charge on any atom is 0.336 e. The standard InChI is InChI=1S/C18H19NO4/c19-16(9-20)17(21)18(22)23-10-15-13-7-3-1-5-11(13)12-6-2-4-8-14(12)15/h1-8,15-17,20-21H,9-10,19H2. The number of benzene rings is 2. The molecule has 0 saturated carbocycles. The zero-order valence-corrected chi connectivity index (χ0v) is 12.6. The van der Waals surface area contributed by atoms with Crippen molar-refractivity contribution in [1.29, 1.82) is 0 Å². The Morgan fingerprint density at radius 1 is 1.09 bits per heavy atom. The van der Waals surface area contributed by atoms with Crippen LogP contribution in [-0.4, -0.2) is 41.5 Å². The van der Waals surface area contributed by atoms with Crippen LogP contribution in [0.1, 0.15) is 17.0 Å². The predicted molar refractivity (Wildman–Crippen MR) is 85.7 cm³/mol. The second-order valence-corrected chi connectivity index (χ2v) is 5.65. The van der Waals surface area contributed by atoms with E-state index in [1.165, 1.54) is 0 Å². The zero-order chi connectivity index (χ0) is 16.4. The van der Waals surface area contributed by atoms with Gasteiger partial charge in [0.2, 0.25) is 0 Å². The van der Waals surface area contributed by atoms with E-state index in [9.17, 15) is 9.90 Å². The highest BCUT2D eigenvalue weighted by molar-refractivity contribution is 5.79. The lowest BCUT2D eigenvalue weighted by atomic mass is 9.98. The Balaban J connectivity index is 1.80. The molecule has 0 spiro atoms. The smallest absolute Gasteiger partial charge is 0.336 e. The minimum atomic E-state index is -1.52. The zero-order valence-electron chi connectivity index (χ0n) is 12.6. The molecule has 2 unspecified atom stereocenters. The van der Waals surface area contributed by atoms with Crippen LogP contribution in [0, 0.1) is 0 Å². The molecule has 23 heavy (non-hydrogen) atoms. The quantitative estimate of drug-likeness (QED) is 0.717. The largest absolute Gasteiger partial charge is 0.463 e. The van der Waals surface area contributed by atoms with Crippen molar-refractivity contribution < 1.29 is 19.7 Å². The SMILES string of the molecule is NC(CO)C(O)C(=O)OCC1c2ccccc2-c2ccccc21. The van der Waals surface area contributed by atoms with E-state index < -0.39 is 24.7 Å². The fourth-order valence-corrected chi connectivity index (χ4v) is 2.96. The van der Waals surface area contributed by atoms with Crippen molar-refractivity contribution in [2.75, 3.05) is 13.2 Å². The Hall–Kier alpha value is -2.21. The van der Waals surface area contributed by atoms with Crippen molar-refractivity contribution >= 4 is 5.97 Å². The number of carbonyl (C=O) groups is 1. The first-order valence-corrected chi connectivity index (χ1v) is 7.53. The summed E-state index contributed by atoms with van der Waals surface area (Å²) in [6, 6.07) is 15.0. The number of aliphatic hydroxyl groups excluding tert-OH is 2. The second-order valence-electron chi connectivity index (χ2n) is 5.65. The fourth-order valence-electron chi connectivity index (χ4n) is 2.96. The first kappa shape index (κ1) is 15.7. The average molecular weight is 313 g/mol. The number of hydrogen-bond donors (Lipinski definition) is 3. The van der Waals surface area contributed by atoms with E-state index in [0.29, 0.717) is 0 Å². The molecule has 1 aliphatic rings. The number of hydrogen-bond acceptors (Lipinski definition) is 5. The molecule has 4 N–H and O–H groups in total. The Labute approximate surface area is 134 Å². The summed E-state index contributed by atoms with van der Waals surface area (Å²) in [5.74, 6) is -0.877. The third kappa shape index (κ3) is 2.86. The highest BCUT2D eigenvalue weighted by atomic mass is 16.5. The van der Waals surface area contributed by atoms with Gasteiger partial charge in [-0.15, -0.1) is 0 Å². The van der Waals surface area contributed by atoms with Crippen LogP contribution < -0.4 is 5.73 Å². The van der Waals surface area contributed by atoms with E-state index in [4.69, 9.17) is 15.6 Å². The average Bonchev–Trinajstić information content (AvgIpc) is 2.92. The second kappa shape index (κ2) is 6.50. The van der Waals surface area contributed by atoms with Crippen LogP contribution in [-0.2, 0) is 9.53 Å². The van der Waals surface area contributed by atoms with Gasteiger partial charge >= 0.3 is 5.97 Å². The Kier molecular flexibility index (Phi) is 4.43. The molecule has 0 aromatic heterocycles. The van der Waals surface area contributed by atoms with E-state index in [1.54, 1.807) is 0 Å². The summed E-state index contributed by atoms with van der Waals surface area (Å²) < 4.78 is 5.24. The molecule has 0 amide bonds. The normalized spacial score (nSPS) is 15.6. The van der Waals surface area contributed by atoms with Gasteiger partial charge in [-0.25, -0.2) is 4.79 Å². The summed E-state index contributed by atoms with van der Waals surface area (Å²) in [6.07, 6.45) is -1.52. The molecule has 1 aliphatic carbocycles. The van der Waals surface area contributed by atoms with Gasteiger partial charge in [0, 0.05) is 5.92 Å². The Bertz CT molecular complexity index is 670. The van der Waals surface area contributed by atoms with Crippen molar-refractivity contribution in [3.05, 3.63) is 59.7 Å². The monoisotopic (exact) mass is 313 g/mol. The van der Waals surface area contributed by atoms with Gasteiger partial charge in [-0.1, -0.05) is 48.5 Å². The van der Waals surface area contributed by atoms with Crippen LogP contribution in [0.3, 0.4) is 0 Å². The summed E-state index contributed by atoms with van der Waals surface area (Å²) >= 11 is 0. The van der Waals surface area contributed by atoms with Crippen molar-refractivity contribution in [1.82, 2.24) is 0 Å². The Morgan fingerprint density at radius 3 is 2.13 bits per heavy atom. The first-order chi connectivity index (χ1) is 11.1. The van der Waals surface area contributed by atoms with E-state index in [0.717, 1.165) is 22.3 Å². The molecule has 0 fully saturated rings. The van der Waals surface area contributed by atoms with Crippen molar-refractivity contribution in [2.24, 2.45) is 5.73 Å².